The Morgan fingerprint density at radius 3 is 2.00 bits per heavy atom. The molecule has 0 unspecified atom stereocenters. The minimum atomic E-state index is 1.19. The summed E-state index contributed by atoms with van der Waals surface area (Å²) in [7, 11) is 4.59. The Morgan fingerprint density at radius 2 is 1.67 bits per heavy atom. The van der Waals surface area contributed by atoms with Gasteiger partial charge in [-0.1, -0.05) is 0 Å². The Hall–Kier alpha value is 0.650. The summed E-state index contributed by atoms with van der Waals surface area (Å²) in [6, 6.07) is 0. The summed E-state index contributed by atoms with van der Waals surface area (Å²) in [5, 5.41) is 0. The van der Waals surface area contributed by atoms with Gasteiger partial charge >= 0.3 is 0 Å². The van der Waals surface area contributed by atoms with Gasteiger partial charge in [0.1, 0.15) is 0 Å². The van der Waals surface area contributed by atoms with Crippen molar-refractivity contribution in [3.63, 3.8) is 0 Å². The molecule has 0 aromatic heterocycles. The van der Waals surface area contributed by atoms with Crippen LogP contribution in [-0.4, -0.2) is 47.9 Å². The van der Waals surface area contributed by atoms with Gasteiger partial charge in [-0.2, -0.15) is 0 Å². The van der Waals surface area contributed by atoms with Crippen molar-refractivity contribution in [3.05, 3.63) is 0 Å². The minimum Gasteiger partial charge on any atom is -0.326 e. The number of nitrogens with zero attached hydrogens (tertiary/aromatic N) is 2. The lowest BCUT2D eigenvalue weighted by atomic mass is 10.3. The average Bonchev–Trinajstić information content (AvgIpc) is 1.78. The zero-order valence-corrected chi connectivity index (χ0v) is 8.26. The third kappa shape index (κ3) is 2.39. The van der Waals surface area contributed by atoms with Gasteiger partial charge in [-0.3, -0.25) is 0 Å². The monoisotopic (exact) mass is 241 g/mol. The van der Waals surface area contributed by atoms with E-state index < -0.39 is 0 Å². The van der Waals surface area contributed by atoms with E-state index in [4.69, 9.17) is 0 Å². The van der Waals surface area contributed by atoms with Crippen LogP contribution in [0.15, 0.2) is 0 Å². The second-order valence-electron chi connectivity index (χ2n) is 3.29. The fraction of sp³-hybridized carbons (Fsp3) is 1.00. The van der Waals surface area contributed by atoms with Gasteiger partial charge in [-0.15, -0.1) is 0 Å². The van der Waals surface area contributed by atoms with Crippen LogP contribution in [0.25, 0.3) is 0 Å². The Labute approximate surface area is 70.9 Å². The molecule has 0 amide bonds. The highest BCUT2D eigenvalue weighted by molar-refractivity contribution is 14.1. The van der Waals surface area contributed by atoms with Crippen molar-refractivity contribution in [2.24, 2.45) is 0 Å². The number of hydrogen-bond donors (Lipinski definition) is 0. The zero-order valence-electron chi connectivity index (χ0n) is 6.10. The van der Waals surface area contributed by atoms with Gasteiger partial charge in [0.2, 0.25) is 0 Å². The smallest absolute Gasteiger partial charge is 0.0920 e. The predicted molar refractivity (Wildman–Crippen MR) is 47.4 cm³/mol. The summed E-state index contributed by atoms with van der Waals surface area (Å²) >= 11 is 2.40. The van der Waals surface area contributed by atoms with Gasteiger partial charge < -0.3 is 4.48 Å². The molecule has 1 aliphatic rings. The molecule has 1 heterocycles. The first kappa shape index (κ1) is 7.75. The van der Waals surface area contributed by atoms with Crippen molar-refractivity contribution in [2.45, 2.75) is 0 Å². The molecule has 1 saturated heterocycles. The lowest BCUT2D eigenvalue weighted by Crippen LogP contribution is -2.52. The second kappa shape index (κ2) is 2.72. The highest BCUT2D eigenvalue weighted by Gasteiger charge is 2.22. The fourth-order valence-electron chi connectivity index (χ4n) is 0.982. The molecule has 3 heteroatoms. The summed E-state index contributed by atoms with van der Waals surface area (Å²) in [6.07, 6.45) is 0. The summed E-state index contributed by atoms with van der Waals surface area (Å²) < 4.78 is 3.56. The average molecular weight is 241 g/mol. The van der Waals surface area contributed by atoms with Crippen molar-refractivity contribution in [3.8, 4) is 0 Å². The van der Waals surface area contributed by atoms with Crippen LogP contribution in [0.1, 0.15) is 0 Å². The second-order valence-corrected chi connectivity index (χ2v) is 4.66. The fourth-order valence-corrected chi connectivity index (χ4v) is 1.41. The minimum absolute atomic E-state index is 1.19. The molecule has 0 saturated carbocycles. The molecular formula is C6H14IN2+. The number of piperazine rings is 1. The highest BCUT2D eigenvalue weighted by Crippen LogP contribution is 2.09. The van der Waals surface area contributed by atoms with Crippen LogP contribution in [0.3, 0.4) is 0 Å². The van der Waals surface area contributed by atoms with Crippen LogP contribution in [0.2, 0.25) is 0 Å². The number of halogens is 1. The molecule has 0 aromatic rings. The first-order chi connectivity index (χ1) is 4.10. The molecule has 1 fully saturated rings. The van der Waals surface area contributed by atoms with E-state index in [0.717, 1.165) is 0 Å². The molecule has 0 spiro atoms. The van der Waals surface area contributed by atoms with Gasteiger partial charge in [0.15, 0.2) is 0 Å². The molecule has 1 rings (SSSR count). The third-order valence-corrected chi connectivity index (χ3v) is 2.86. The standard InChI is InChI=1S/C6H14IN2/c1-9(2)5-3-8(7)4-6-9/h3-6H2,1-2H3/q+1. The maximum Gasteiger partial charge on any atom is 0.0920 e. The van der Waals surface area contributed by atoms with Crippen LogP contribution < -0.4 is 0 Å². The van der Waals surface area contributed by atoms with Gasteiger partial charge in [-0.05, 0) is 0 Å². The van der Waals surface area contributed by atoms with Crippen LogP contribution in [-0.2, 0) is 0 Å². The molecule has 0 radical (unpaired) electrons. The molecule has 0 aromatic carbocycles. The molecule has 54 valence electrons. The van der Waals surface area contributed by atoms with Crippen LogP contribution >= 0.6 is 22.9 Å². The predicted octanol–water partition coefficient (Wildman–Crippen LogP) is 0.728. The molecule has 0 N–H and O–H groups in total. The molecule has 0 atom stereocenters. The SMILES string of the molecule is C[N+]1(C)CCN(I)CC1. The number of quaternary nitrogens is 1. The van der Waals surface area contributed by atoms with E-state index in [1.54, 1.807) is 0 Å². The summed E-state index contributed by atoms with van der Waals surface area (Å²) in [4.78, 5) is 0. The van der Waals surface area contributed by atoms with E-state index in [1.807, 2.05) is 0 Å². The maximum absolute atomic E-state index is 2.40. The van der Waals surface area contributed by atoms with E-state index in [1.165, 1.54) is 30.7 Å². The molecule has 9 heavy (non-hydrogen) atoms. The van der Waals surface area contributed by atoms with Gasteiger partial charge in [-0.25, -0.2) is 3.11 Å². The van der Waals surface area contributed by atoms with E-state index in [2.05, 4.69) is 40.1 Å². The first-order valence-corrected chi connectivity index (χ1v) is 4.29. The van der Waals surface area contributed by atoms with E-state index in [-0.39, 0.29) is 0 Å². The molecule has 0 aliphatic carbocycles. The van der Waals surface area contributed by atoms with Crippen molar-refractivity contribution < 1.29 is 4.48 Å². The Kier molecular flexibility index (Phi) is 2.34. The van der Waals surface area contributed by atoms with Gasteiger partial charge in [0.25, 0.3) is 0 Å². The number of hydrogen-bond acceptors (Lipinski definition) is 1. The Morgan fingerprint density at radius 1 is 1.22 bits per heavy atom. The highest BCUT2D eigenvalue weighted by atomic mass is 127. The first-order valence-electron chi connectivity index (χ1n) is 3.33. The quantitative estimate of drug-likeness (QED) is 0.343. The number of rotatable bonds is 0. The van der Waals surface area contributed by atoms with Crippen molar-refractivity contribution in [1.29, 1.82) is 0 Å². The van der Waals surface area contributed by atoms with Gasteiger partial charge in [0.05, 0.1) is 40.3 Å². The van der Waals surface area contributed by atoms with E-state index >= 15 is 0 Å². The third-order valence-electron chi connectivity index (χ3n) is 1.90. The molecule has 0 bridgehead atoms. The van der Waals surface area contributed by atoms with Crippen molar-refractivity contribution >= 4 is 22.9 Å². The molecule has 1 aliphatic heterocycles. The number of likely N-dealkylation sites (N-methyl/N-ethyl adjacent to an activating group) is 1. The summed E-state index contributed by atoms with van der Waals surface area (Å²) in [6.45, 7) is 5.08. The normalized spacial score (nSPS) is 28.3. The lowest BCUT2D eigenvalue weighted by Gasteiger charge is -2.36. The molecular weight excluding hydrogens is 227 g/mol. The van der Waals surface area contributed by atoms with E-state index in [0.29, 0.717) is 0 Å². The summed E-state index contributed by atoms with van der Waals surface area (Å²) in [5.74, 6) is 0. The largest absolute Gasteiger partial charge is 0.326 e. The maximum atomic E-state index is 2.40. The van der Waals surface area contributed by atoms with Crippen molar-refractivity contribution in [1.82, 2.24) is 3.11 Å². The summed E-state index contributed by atoms with van der Waals surface area (Å²) in [5.41, 5.74) is 0. The molecule has 2 nitrogen and oxygen atoms in total. The van der Waals surface area contributed by atoms with Crippen LogP contribution in [0, 0.1) is 0 Å². The zero-order chi connectivity index (χ0) is 6.91. The van der Waals surface area contributed by atoms with Crippen molar-refractivity contribution in [2.75, 3.05) is 40.3 Å². The van der Waals surface area contributed by atoms with Crippen LogP contribution in [0.4, 0.5) is 0 Å². The van der Waals surface area contributed by atoms with E-state index in [9.17, 15) is 0 Å². The Bertz CT molecular complexity index is 93.2. The topological polar surface area (TPSA) is 3.24 Å². The van der Waals surface area contributed by atoms with Gasteiger partial charge in [0, 0.05) is 22.9 Å². The lowest BCUT2D eigenvalue weighted by molar-refractivity contribution is -0.893. The van der Waals surface area contributed by atoms with Crippen LogP contribution in [0.5, 0.6) is 0 Å². The Balaban J connectivity index is 2.35.